The molecule has 0 aliphatic carbocycles. The van der Waals surface area contributed by atoms with Crippen molar-refractivity contribution in [3.63, 3.8) is 0 Å². The number of methoxy groups -OCH3 is 2. The van der Waals surface area contributed by atoms with Crippen molar-refractivity contribution < 1.29 is 13.9 Å². The molecule has 118 valence electrons. The second kappa shape index (κ2) is 6.57. The van der Waals surface area contributed by atoms with E-state index >= 15 is 0 Å². The Bertz CT molecular complexity index is 903. The molecule has 0 bridgehead atoms. The van der Waals surface area contributed by atoms with Crippen LogP contribution in [-0.2, 0) is 6.42 Å². The summed E-state index contributed by atoms with van der Waals surface area (Å²) in [5, 5.41) is 1.22. The molecule has 0 aliphatic heterocycles. The van der Waals surface area contributed by atoms with E-state index in [1.165, 1.54) is 7.11 Å². The van der Waals surface area contributed by atoms with Crippen LogP contribution < -0.4 is 15.1 Å². The fourth-order valence-electron chi connectivity index (χ4n) is 2.37. The Hall–Kier alpha value is -2.09. The predicted octanol–water partition coefficient (Wildman–Crippen LogP) is 3.40. The number of halogens is 1. The van der Waals surface area contributed by atoms with Crippen LogP contribution in [0.25, 0.3) is 10.8 Å². The number of aromatic nitrogens is 1. The highest BCUT2D eigenvalue weighted by Gasteiger charge is 2.11. The van der Waals surface area contributed by atoms with Gasteiger partial charge in [0.05, 0.1) is 19.6 Å². The second-order valence-corrected chi connectivity index (χ2v) is 6.07. The maximum absolute atomic E-state index is 12.2. The summed E-state index contributed by atoms with van der Waals surface area (Å²) in [4.78, 5) is 16.5. The van der Waals surface area contributed by atoms with E-state index in [1.54, 1.807) is 25.4 Å². The lowest BCUT2D eigenvalue weighted by molar-refractivity contribution is 0.355. The number of pyridine rings is 1. The Morgan fingerprint density at radius 3 is 2.52 bits per heavy atom. The maximum atomic E-state index is 12.2. The first-order valence-corrected chi connectivity index (χ1v) is 7.98. The summed E-state index contributed by atoms with van der Waals surface area (Å²) in [5.74, 6) is 1.66. The van der Waals surface area contributed by atoms with Gasteiger partial charge in [-0.25, -0.2) is 4.79 Å². The first-order chi connectivity index (χ1) is 11.1. The molecule has 0 saturated carbocycles. The lowest BCUT2D eigenvalue weighted by Crippen LogP contribution is -2.04. The van der Waals surface area contributed by atoms with Gasteiger partial charge in [-0.05, 0) is 57.8 Å². The SMILES string of the molecule is COc1cc2cc(Cc3ccc(I)nc3)oc(=O)c2cc1OC. The fourth-order valence-corrected chi connectivity index (χ4v) is 2.69. The van der Waals surface area contributed by atoms with E-state index in [0.29, 0.717) is 29.1 Å². The standard InChI is InChI=1S/C17H14INO4/c1-21-14-7-11-6-12(5-10-3-4-16(18)19-9-10)23-17(20)13(11)8-15(14)22-2/h3-4,6-9H,5H2,1-2H3. The van der Waals surface area contributed by atoms with Gasteiger partial charge in [-0.15, -0.1) is 0 Å². The van der Waals surface area contributed by atoms with Crippen molar-refractivity contribution >= 4 is 33.4 Å². The average Bonchev–Trinajstić information content (AvgIpc) is 2.56. The molecule has 0 N–H and O–H groups in total. The molecule has 0 radical (unpaired) electrons. The molecule has 3 rings (SSSR count). The molecule has 3 aromatic rings. The molecule has 2 heterocycles. The first-order valence-electron chi connectivity index (χ1n) is 6.90. The van der Waals surface area contributed by atoms with Gasteiger partial charge in [0, 0.05) is 12.6 Å². The number of nitrogens with zero attached hydrogens (tertiary/aromatic N) is 1. The minimum Gasteiger partial charge on any atom is -0.493 e. The Morgan fingerprint density at radius 2 is 1.87 bits per heavy atom. The van der Waals surface area contributed by atoms with Gasteiger partial charge < -0.3 is 13.9 Å². The number of benzene rings is 1. The van der Waals surface area contributed by atoms with E-state index in [4.69, 9.17) is 13.9 Å². The maximum Gasteiger partial charge on any atom is 0.343 e. The second-order valence-electron chi connectivity index (χ2n) is 4.96. The number of ether oxygens (including phenoxy) is 2. The third-order valence-electron chi connectivity index (χ3n) is 3.48. The van der Waals surface area contributed by atoms with Crippen LogP contribution in [0.3, 0.4) is 0 Å². The van der Waals surface area contributed by atoms with Crippen LogP contribution in [0.4, 0.5) is 0 Å². The largest absolute Gasteiger partial charge is 0.493 e. The van der Waals surface area contributed by atoms with Crippen molar-refractivity contribution in [2.45, 2.75) is 6.42 Å². The fraction of sp³-hybridized carbons (Fsp3) is 0.176. The van der Waals surface area contributed by atoms with E-state index < -0.39 is 5.63 Å². The molecule has 0 unspecified atom stereocenters. The summed E-state index contributed by atoms with van der Waals surface area (Å²) in [6.07, 6.45) is 2.28. The van der Waals surface area contributed by atoms with Gasteiger partial charge in [0.1, 0.15) is 9.46 Å². The molecule has 0 spiro atoms. The Kier molecular flexibility index (Phi) is 4.51. The van der Waals surface area contributed by atoms with Gasteiger partial charge in [-0.2, -0.15) is 0 Å². The number of fused-ring (bicyclic) bond motifs is 1. The van der Waals surface area contributed by atoms with Crippen LogP contribution in [0.5, 0.6) is 11.5 Å². The molecule has 0 aliphatic rings. The van der Waals surface area contributed by atoms with Gasteiger partial charge in [0.25, 0.3) is 0 Å². The van der Waals surface area contributed by atoms with Crippen LogP contribution in [0.2, 0.25) is 0 Å². The summed E-state index contributed by atoms with van der Waals surface area (Å²) in [6.45, 7) is 0. The number of hydrogen-bond donors (Lipinski definition) is 0. The summed E-state index contributed by atoms with van der Waals surface area (Å²) >= 11 is 2.15. The lowest BCUT2D eigenvalue weighted by Gasteiger charge is -2.09. The molecule has 2 aromatic heterocycles. The van der Waals surface area contributed by atoms with E-state index in [0.717, 1.165) is 14.7 Å². The van der Waals surface area contributed by atoms with Gasteiger partial charge in [-0.3, -0.25) is 4.98 Å². The zero-order valence-corrected chi connectivity index (χ0v) is 14.8. The molecule has 0 amide bonds. The molecule has 23 heavy (non-hydrogen) atoms. The molecule has 0 fully saturated rings. The monoisotopic (exact) mass is 423 g/mol. The molecule has 1 aromatic carbocycles. The smallest absolute Gasteiger partial charge is 0.343 e. The van der Waals surface area contributed by atoms with Crippen molar-refractivity contribution in [3.8, 4) is 11.5 Å². The van der Waals surface area contributed by atoms with Crippen LogP contribution in [0.1, 0.15) is 11.3 Å². The van der Waals surface area contributed by atoms with Crippen molar-refractivity contribution in [2.75, 3.05) is 14.2 Å². The van der Waals surface area contributed by atoms with E-state index in [9.17, 15) is 4.79 Å². The summed E-state index contributed by atoms with van der Waals surface area (Å²) in [7, 11) is 3.09. The van der Waals surface area contributed by atoms with Gasteiger partial charge in [-0.1, -0.05) is 6.07 Å². The molecule has 5 nitrogen and oxygen atoms in total. The Labute approximate surface area is 146 Å². The van der Waals surface area contributed by atoms with Crippen molar-refractivity contribution in [1.29, 1.82) is 0 Å². The Balaban J connectivity index is 2.06. The Morgan fingerprint density at radius 1 is 1.13 bits per heavy atom. The normalized spacial score (nSPS) is 10.7. The van der Waals surface area contributed by atoms with E-state index in [2.05, 4.69) is 27.6 Å². The minimum absolute atomic E-state index is 0.392. The first kappa shape index (κ1) is 15.8. The number of rotatable bonds is 4. The van der Waals surface area contributed by atoms with Crippen LogP contribution in [-0.4, -0.2) is 19.2 Å². The van der Waals surface area contributed by atoms with Crippen LogP contribution in [0, 0.1) is 3.70 Å². The topological polar surface area (TPSA) is 61.6 Å². The number of hydrogen-bond acceptors (Lipinski definition) is 5. The van der Waals surface area contributed by atoms with E-state index in [-0.39, 0.29) is 0 Å². The van der Waals surface area contributed by atoms with Crippen molar-refractivity contribution in [1.82, 2.24) is 4.98 Å². The van der Waals surface area contributed by atoms with Crippen molar-refractivity contribution in [2.24, 2.45) is 0 Å². The highest BCUT2D eigenvalue weighted by Crippen LogP contribution is 2.31. The highest BCUT2D eigenvalue weighted by molar-refractivity contribution is 14.1. The van der Waals surface area contributed by atoms with Crippen LogP contribution in [0.15, 0.2) is 45.7 Å². The average molecular weight is 423 g/mol. The predicted molar refractivity (Wildman–Crippen MR) is 95.3 cm³/mol. The lowest BCUT2D eigenvalue weighted by atomic mass is 10.1. The molecule has 0 saturated heterocycles. The quantitative estimate of drug-likeness (QED) is 0.476. The highest BCUT2D eigenvalue weighted by atomic mass is 127. The van der Waals surface area contributed by atoms with E-state index in [1.807, 2.05) is 18.2 Å². The van der Waals surface area contributed by atoms with Gasteiger partial charge in [0.2, 0.25) is 0 Å². The zero-order valence-electron chi connectivity index (χ0n) is 12.6. The molecular weight excluding hydrogens is 409 g/mol. The summed E-state index contributed by atoms with van der Waals surface area (Å²) in [5.41, 5.74) is 0.588. The molecule has 6 heteroatoms. The third-order valence-corrected chi connectivity index (χ3v) is 4.12. The summed E-state index contributed by atoms with van der Waals surface area (Å²) < 4.78 is 16.8. The summed E-state index contributed by atoms with van der Waals surface area (Å²) in [6, 6.07) is 9.14. The van der Waals surface area contributed by atoms with Gasteiger partial charge >= 0.3 is 5.63 Å². The minimum atomic E-state index is -0.392. The zero-order chi connectivity index (χ0) is 16.4. The third kappa shape index (κ3) is 3.31. The van der Waals surface area contributed by atoms with Crippen molar-refractivity contribution in [3.05, 3.63) is 62.0 Å². The van der Waals surface area contributed by atoms with Crippen LogP contribution >= 0.6 is 22.6 Å². The van der Waals surface area contributed by atoms with Gasteiger partial charge in [0.15, 0.2) is 11.5 Å². The molecular formula is C17H14INO4. The molecule has 0 atom stereocenters.